The van der Waals surface area contributed by atoms with Gasteiger partial charge in [-0.1, -0.05) is 31.5 Å². The van der Waals surface area contributed by atoms with E-state index in [0.717, 1.165) is 21.9 Å². The maximum atomic E-state index is 12.6. The van der Waals surface area contributed by atoms with Crippen molar-refractivity contribution >= 4 is 33.4 Å². The van der Waals surface area contributed by atoms with Crippen LogP contribution < -0.4 is 4.74 Å². The summed E-state index contributed by atoms with van der Waals surface area (Å²) in [6, 6.07) is 12.7. The van der Waals surface area contributed by atoms with Crippen LogP contribution in [0.5, 0.6) is 5.75 Å². The Balaban J connectivity index is 1.69. The number of hydrogen-bond donors (Lipinski definition) is 0. The van der Waals surface area contributed by atoms with Crippen molar-refractivity contribution < 1.29 is 13.2 Å². The molecule has 0 amide bonds. The average molecular weight is 478 g/mol. The first-order chi connectivity index (χ1) is 14.9. The van der Waals surface area contributed by atoms with Crippen molar-refractivity contribution in [3.05, 3.63) is 77.2 Å². The zero-order valence-electron chi connectivity index (χ0n) is 17.4. The van der Waals surface area contributed by atoms with Gasteiger partial charge in [-0.05, 0) is 36.4 Å². The lowest BCUT2D eigenvalue weighted by atomic mass is 10.2. The van der Waals surface area contributed by atoms with E-state index in [0.29, 0.717) is 30.5 Å². The van der Waals surface area contributed by atoms with Gasteiger partial charge in [-0.2, -0.15) is 4.31 Å². The first-order valence-corrected chi connectivity index (χ1v) is 12.6. The molecule has 0 saturated carbocycles. The molecule has 0 aliphatic rings. The summed E-state index contributed by atoms with van der Waals surface area (Å²) in [5.41, 5.74) is 1.91. The minimum atomic E-state index is -3.51. The van der Waals surface area contributed by atoms with Gasteiger partial charge in [-0.3, -0.25) is 4.98 Å². The van der Waals surface area contributed by atoms with Crippen LogP contribution in [0.15, 0.2) is 71.0 Å². The molecule has 31 heavy (non-hydrogen) atoms. The second-order valence-electron chi connectivity index (χ2n) is 6.61. The molecule has 3 rings (SSSR count). The molecule has 0 bridgehead atoms. The molecule has 1 aromatic carbocycles. The molecule has 0 N–H and O–H groups in total. The van der Waals surface area contributed by atoms with E-state index in [1.54, 1.807) is 30.6 Å². The first kappa shape index (κ1) is 23.5. The summed E-state index contributed by atoms with van der Waals surface area (Å²) < 4.78 is 32.6. The number of halogens is 1. The minimum absolute atomic E-state index is 0.198. The van der Waals surface area contributed by atoms with Gasteiger partial charge in [-0.25, -0.2) is 13.4 Å². The molecule has 2 heterocycles. The Kier molecular flexibility index (Phi) is 8.31. The van der Waals surface area contributed by atoms with E-state index in [9.17, 15) is 8.42 Å². The van der Waals surface area contributed by atoms with Gasteiger partial charge >= 0.3 is 0 Å². The highest BCUT2D eigenvalue weighted by molar-refractivity contribution is 7.98. The molecule has 0 aliphatic heterocycles. The van der Waals surface area contributed by atoms with Crippen LogP contribution in [0.3, 0.4) is 0 Å². The summed E-state index contributed by atoms with van der Waals surface area (Å²) in [5, 5.41) is 1.34. The molecule has 0 atom stereocenters. The zero-order chi connectivity index (χ0) is 22.3. The van der Waals surface area contributed by atoms with Crippen LogP contribution in [0.25, 0.3) is 0 Å². The Labute approximate surface area is 192 Å². The topological polar surface area (TPSA) is 72.4 Å². The molecule has 0 aliphatic carbocycles. The summed E-state index contributed by atoms with van der Waals surface area (Å²) in [7, 11) is -3.51. The summed E-state index contributed by atoms with van der Waals surface area (Å²) in [5.74, 6) is 1.32. The molecule has 2 aromatic heterocycles. The number of hydrogen-bond acceptors (Lipinski definition) is 6. The number of nitrogens with zero attached hydrogens (tertiary/aromatic N) is 3. The van der Waals surface area contributed by atoms with Crippen LogP contribution in [-0.4, -0.2) is 35.8 Å². The lowest BCUT2D eigenvalue weighted by molar-refractivity contribution is 0.303. The monoisotopic (exact) mass is 477 g/mol. The van der Waals surface area contributed by atoms with Gasteiger partial charge in [0.15, 0.2) is 0 Å². The lowest BCUT2D eigenvalue weighted by Gasteiger charge is -2.18. The standard InChI is InChI=1S/C22H24ClN3O3S2/c1-3-26(4-2)31(27,28)20-8-10-22(25-14-20)30-16-18-12-19(23)7-9-21(18)29-15-17-6-5-11-24-13-17/h5-14H,3-4,15-16H2,1-2H3. The van der Waals surface area contributed by atoms with Crippen molar-refractivity contribution in [2.75, 3.05) is 13.1 Å². The van der Waals surface area contributed by atoms with Gasteiger partial charge in [0.1, 0.15) is 17.3 Å². The fourth-order valence-electron chi connectivity index (χ4n) is 2.92. The molecule has 0 saturated heterocycles. The third-order valence-electron chi connectivity index (χ3n) is 4.57. The second-order valence-corrected chi connectivity index (χ2v) is 9.98. The Morgan fingerprint density at radius 2 is 1.90 bits per heavy atom. The second kappa shape index (κ2) is 10.9. The largest absolute Gasteiger partial charge is 0.489 e. The molecular weight excluding hydrogens is 454 g/mol. The molecule has 0 spiro atoms. The maximum Gasteiger partial charge on any atom is 0.244 e. The Hall–Kier alpha value is -2.13. The normalized spacial score (nSPS) is 11.6. The maximum absolute atomic E-state index is 12.6. The van der Waals surface area contributed by atoms with Crippen LogP contribution in [0.1, 0.15) is 25.0 Å². The van der Waals surface area contributed by atoms with E-state index in [4.69, 9.17) is 16.3 Å². The van der Waals surface area contributed by atoms with Crippen LogP contribution in [0.4, 0.5) is 0 Å². The number of thioether (sulfide) groups is 1. The van der Waals surface area contributed by atoms with E-state index < -0.39 is 10.0 Å². The zero-order valence-corrected chi connectivity index (χ0v) is 19.8. The number of sulfonamides is 1. The van der Waals surface area contributed by atoms with Crippen LogP contribution in [0.2, 0.25) is 5.02 Å². The number of ether oxygens (including phenoxy) is 1. The Morgan fingerprint density at radius 3 is 2.55 bits per heavy atom. The third kappa shape index (κ3) is 6.20. The van der Waals surface area contributed by atoms with Crippen LogP contribution >= 0.6 is 23.4 Å². The van der Waals surface area contributed by atoms with Crippen molar-refractivity contribution in [3.63, 3.8) is 0 Å². The predicted molar refractivity (Wildman–Crippen MR) is 124 cm³/mol. The highest BCUT2D eigenvalue weighted by Crippen LogP contribution is 2.30. The minimum Gasteiger partial charge on any atom is -0.489 e. The Bertz CT molecular complexity index is 1090. The first-order valence-electron chi connectivity index (χ1n) is 9.83. The lowest BCUT2D eigenvalue weighted by Crippen LogP contribution is -2.30. The van der Waals surface area contributed by atoms with Gasteiger partial charge in [0.05, 0.1) is 5.03 Å². The van der Waals surface area contributed by atoms with Crippen molar-refractivity contribution in [3.8, 4) is 5.75 Å². The molecule has 9 heteroatoms. The highest BCUT2D eigenvalue weighted by Gasteiger charge is 2.21. The van der Waals surface area contributed by atoms with Crippen molar-refractivity contribution in [2.24, 2.45) is 0 Å². The molecule has 164 valence electrons. The SMILES string of the molecule is CCN(CC)S(=O)(=O)c1ccc(SCc2cc(Cl)ccc2OCc2cccnc2)nc1. The van der Waals surface area contributed by atoms with E-state index in [1.807, 2.05) is 38.1 Å². The van der Waals surface area contributed by atoms with Gasteiger partial charge in [0, 0.05) is 53.6 Å². The summed E-state index contributed by atoms with van der Waals surface area (Å²) in [6.45, 7) is 4.89. The molecule has 0 radical (unpaired) electrons. The van der Waals surface area contributed by atoms with E-state index >= 15 is 0 Å². The Morgan fingerprint density at radius 1 is 1.10 bits per heavy atom. The number of pyridine rings is 2. The van der Waals surface area contributed by atoms with Crippen molar-refractivity contribution in [1.29, 1.82) is 0 Å². The van der Waals surface area contributed by atoms with Crippen molar-refractivity contribution in [1.82, 2.24) is 14.3 Å². The smallest absolute Gasteiger partial charge is 0.244 e. The average Bonchev–Trinajstić information content (AvgIpc) is 2.78. The number of rotatable bonds is 10. The van der Waals surface area contributed by atoms with Crippen LogP contribution in [0, 0.1) is 0 Å². The highest BCUT2D eigenvalue weighted by atomic mass is 35.5. The molecule has 3 aromatic rings. The number of aromatic nitrogens is 2. The summed E-state index contributed by atoms with van der Waals surface area (Å²) in [4.78, 5) is 8.63. The fraction of sp³-hybridized carbons (Fsp3) is 0.273. The van der Waals surface area contributed by atoms with Crippen LogP contribution in [-0.2, 0) is 22.4 Å². The van der Waals surface area contributed by atoms with E-state index in [-0.39, 0.29) is 4.90 Å². The quantitative estimate of drug-likeness (QED) is 0.381. The van der Waals surface area contributed by atoms with Gasteiger partial charge < -0.3 is 4.74 Å². The van der Waals surface area contributed by atoms with Crippen molar-refractivity contribution in [2.45, 2.75) is 36.1 Å². The van der Waals surface area contributed by atoms with E-state index in [1.165, 1.54) is 22.3 Å². The molecule has 0 unspecified atom stereocenters. The molecular formula is C22H24ClN3O3S2. The molecule has 6 nitrogen and oxygen atoms in total. The fourth-order valence-corrected chi connectivity index (χ4v) is 5.33. The summed E-state index contributed by atoms with van der Waals surface area (Å²) >= 11 is 7.67. The van der Waals surface area contributed by atoms with E-state index in [2.05, 4.69) is 9.97 Å². The van der Waals surface area contributed by atoms with Gasteiger partial charge in [0.25, 0.3) is 0 Å². The number of benzene rings is 1. The molecule has 0 fully saturated rings. The van der Waals surface area contributed by atoms with Gasteiger partial charge in [0.2, 0.25) is 10.0 Å². The third-order valence-corrected chi connectivity index (χ3v) is 7.83. The summed E-state index contributed by atoms with van der Waals surface area (Å²) in [6.07, 6.45) is 4.90. The van der Waals surface area contributed by atoms with Gasteiger partial charge in [-0.15, -0.1) is 11.8 Å². The predicted octanol–water partition coefficient (Wildman–Crippen LogP) is 5.03.